The van der Waals surface area contributed by atoms with E-state index in [4.69, 9.17) is 4.74 Å². The maximum atomic E-state index is 11.7. The number of benzene rings is 1. The second-order valence-corrected chi connectivity index (χ2v) is 4.67. The lowest BCUT2D eigenvalue weighted by Crippen LogP contribution is -2.48. The number of hydrogen-bond acceptors (Lipinski definition) is 3. The minimum atomic E-state index is -1.09. The van der Waals surface area contributed by atoms with Crippen LogP contribution in [0, 0.1) is 0 Å². The number of carbonyl (C=O) groups is 1. The summed E-state index contributed by atoms with van der Waals surface area (Å²) in [4.78, 5) is 11.7. The van der Waals surface area contributed by atoms with Gasteiger partial charge in [-0.15, -0.1) is 0 Å². The van der Waals surface area contributed by atoms with Crippen LogP contribution in [0.2, 0.25) is 0 Å². The average molecular weight is 265 g/mol. The SMILES string of the molecule is CCC(C)OCCC(NC)(C(=O)O)c1ccccc1. The van der Waals surface area contributed by atoms with Crippen LogP contribution in [0.5, 0.6) is 0 Å². The molecule has 0 fully saturated rings. The molecule has 0 saturated carbocycles. The summed E-state index contributed by atoms with van der Waals surface area (Å²) in [7, 11) is 1.67. The summed E-state index contributed by atoms with van der Waals surface area (Å²) in [5.41, 5.74) is -0.341. The zero-order valence-electron chi connectivity index (χ0n) is 11.8. The van der Waals surface area contributed by atoms with E-state index in [-0.39, 0.29) is 6.10 Å². The normalized spacial score (nSPS) is 15.7. The van der Waals surface area contributed by atoms with Crippen molar-refractivity contribution < 1.29 is 14.6 Å². The van der Waals surface area contributed by atoms with Gasteiger partial charge in [-0.2, -0.15) is 0 Å². The molecule has 2 unspecified atom stereocenters. The first-order chi connectivity index (χ1) is 9.06. The quantitative estimate of drug-likeness (QED) is 0.757. The van der Waals surface area contributed by atoms with Crippen molar-refractivity contribution in [2.45, 2.75) is 38.3 Å². The Morgan fingerprint density at radius 3 is 2.53 bits per heavy atom. The zero-order chi connectivity index (χ0) is 14.3. The fourth-order valence-corrected chi connectivity index (χ4v) is 2.00. The predicted octanol–water partition coefficient (Wildman–Crippen LogP) is 2.39. The van der Waals surface area contributed by atoms with E-state index < -0.39 is 11.5 Å². The Labute approximate surface area is 114 Å². The van der Waals surface area contributed by atoms with Gasteiger partial charge in [-0.25, -0.2) is 4.79 Å². The highest BCUT2D eigenvalue weighted by Crippen LogP contribution is 2.25. The maximum Gasteiger partial charge on any atom is 0.328 e. The molecule has 19 heavy (non-hydrogen) atoms. The lowest BCUT2D eigenvalue weighted by Gasteiger charge is -2.30. The fraction of sp³-hybridized carbons (Fsp3) is 0.533. The lowest BCUT2D eigenvalue weighted by atomic mass is 9.87. The first-order valence-corrected chi connectivity index (χ1v) is 6.66. The topological polar surface area (TPSA) is 58.6 Å². The van der Waals surface area contributed by atoms with E-state index in [0.29, 0.717) is 13.0 Å². The summed E-state index contributed by atoms with van der Waals surface area (Å²) < 4.78 is 5.62. The largest absolute Gasteiger partial charge is 0.480 e. The Morgan fingerprint density at radius 2 is 2.05 bits per heavy atom. The van der Waals surface area contributed by atoms with Crippen LogP contribution in [-0.4, -0.2) is 30.8 Å². The van der Waals surface area contributed by atoms with E-state index in [9.17, 15) is 9.90 Å². The molecule has 1 rings (SSSR count). The number of hydrogen-bond donors (Lipinski definition) is 2. The van der Waals surface area contributed by atoms with Gasteiger partial charge in [0, 0.05) is 13.0 Å². The average Bonchev–Trinajstić information content (AvgIpc) is 2.44. The highest BCUT2D eigenvalue weighted by Gasteiger charge is 2.38. The molecule has 0 spiro atoms. The van der Waals surface area contributed by atoms with Crippen LogP contribution in [0.25, 0.3) is 0 Å². The smallest absolute Gasteiger partial charge is 0.328 e. The summed E-state index contributed by atoms with van der Waals surface area (Å²) in [5, 5.41) is 12.5. The Hall–Kier alpha value is -1.39. The molecule has 1 aromatic rings. The van der Waals surface area contributed by atoms with Crippen LogP contribution in [-0.2, 0) is 15.1 Å². The van der Waals surface area contributed by atoms with Crippen LogP contribution in [0.15, 0.2) is 30.3 Å². The van der Waals surface area contributed by atoms with E-state index in [0.717, 1.165) is 12.0 Å². The summed E-state index contributed by atoms with van der Waals surface area (Å²) in [6.07, 6.45) is 1.47. The van der Waals surface area contributed by atoms with Gasteiger partial charge in [0.25, 0.3) is 0 Å². The molecule has 0 amide bonds. The van der Waals surface area contributed by atoms with Crippen LogP contribution < -0.4 is 5.32 Å². The van der Waals surface area contributed by atoms with Crippen molar-refractivity contribution in [3.05, 3.63) is 35.9 Å². The molecule has 0 saturated heterocycles. The zero-order valence-corrected chi connectivity index (χ0v) is 11.8. The van der Waals surface area contributed by atoms with Crippen molar-refractivity contribution in [2.24, 2.45) is 0 Å². The van der Waals surface area contributed by atoms with E-state index in [1.165, 1.54) is 0 Å². The van der Waals surface area contributed by atoms with E-state index in [2.05, 4.69) is 5.32 Å². The third-order valence-electron chi connectivity index (χ3n) is 3.51. The van der Waals surface area contributed by atoms with Gasteiger partial charge in [-0.3, -0.25) is 0 Å². The third kappa shape index (κ3) is 3.78. The van der Waals surface area contributed by atoms with Crippen molar-refractivity contribution in [1.29, 1.82) is 0 Å². The molecule has 0 aliphatic rings. The Bertz CT molecular complexity index is 394. The number of carboxylic acid groups (broad SMARTS) is 1. The molecule has 1 aromatic carbocycles. The molecule has 4 heteroatoms. The molecule has 0 aliphatic carbocycles. The molecule has 4 nitrogen and oxygen atoms in total. The molecule has 106 valence electrons. The molecule has 0 aliphatic heterocycles. The van der Waals surface area contributed by atoms with Gasteiger partial charge in [-0.05, 0) is 26.0 Å². The molecule has 0 bridgehead atoms. The van der Waals surface area contributed by atoms with Gasteiger partial charge in [0.05, 0.1) is 6.10 Å². The van der Waals surface area contributed by atoms with Gasteiger partial charge in [0.15, 0.2) is 0 Å². The summed E-state index contributed by atoms with van der Waals surface area (Å²) in [6, 6.07) is 9.23. The Kier molecular flexibility index (Phi) is 5.99. The van der Waals surface area contributed by atoms with Gasteiger partial charge < -0.3 is 15.2 Å². The Balaban J connectivity index is 2.85. The monoisotopic (exact) mass is 265 g/mol. The van der Waals surface area contributed by atoms with Crippen LogP contribution >= 0.6 is 0 Å². The van der Waals surface area contributed by atoms with Gasteiger partial charge in [-0.1, -0.05) is 37.3 Å². The molecule has 2 atom stereocenters. The van der Waals surface area contributed by atoms with E-state index in [1.54, 1.807) is 7.05 Å². The van der Waals surface area contributed by atoms with Gasteiger partial charge in [0.1, 0.15) is 5.54 Å². The van der Waals surface area contributed by atoms with Crippen molar-refractivity contribution >= 4 is 5.97 Å². The Morgan fingerprint density at radius 1 is 1.42 bits per heavy atom. The summed E-state index contributed by atoms with van der Waals surface area (Å²) in [6.45, 7) is 4.45. The van der Waals surface area contributed by atoms with E-state index >= 15 is 0 Å². The fourth-order valence-electron chi connectivity index (χ4n) is 2.00. The van der Waals surface area contributed by atoms with Gasteiger partial charge >= 0.3 is 5.97 Å². The number of aliphatic carboxylic acids is 1. The second kappa shape index (κ2) is 7.26. The molecule has 0 heterocycles. The molecule has 2 N–H and O–H groups in total. The first kappa shape index (κ1) is 15.7. The first-order valence-electron chi connectivity index (χ1n) is 6.66. The van der Waals surface area contributed by atoms with Crippen molar-refractivity contribution in [3.8, 4) is 0 Å². The van der Waals surface area contributed by atoms with Crippen molar-refractivity contribution in [1.82, 2.24) is 5.32 Å². The number of likely N-dealkylation sites (N-methyl/N-ethyl adjacent to an activating group) is 1. The molecule has 0 aromatic heterocycles. The minimum Gasteiger partial charge on any atom is -0.480 e. The second-order valence-electron chi connectivity index (χ2n) is 4.67. The minimum absolute atomic E-state index is 0.152. The summed E-state index contributed by atoms with van der Waals surface area (Å²) in [5.74, 6) is -0.881. The number of nitrogens with one attached hydrogen (secondary N) is 1. The van der Waals surface area contributed by atoms with Gasteiger partial charge in [0.2, 0.25) is 0 Å². The van der Waals surface area contributed by atoms with Crippen LogP contribution in [0.4, 0.5) is 0 Å². The standard InChI is InChI=1S/C15H23NO3/c1-4-12(2)19-11-10-15(16-3,14(17)18)13-8-6-5-7-9-13/h5-9,12,16H,4,10-11H2,1-3H3,(H,17,18). The van der Waals surface area contributed by atoms with Crippen molar-refractivity contribution in [2.75, 3.05) is 13.7 Å². The number of rotatable bonds is 8. The van der Waals surface area contributed by atoms with E-state index in [1.807, 2.05) is 44.2 Å². The summed E-state index contributed by atoms with van der Waals surface area (Å²) >= 11 is 0. The molecular weight excluding hydrogens is 242 g/mol. The number of carboxylic acids is 1. The predicted molar refractivity (Wildman–Crippen MR) is 75.1 cm³/mol. The van der Waals surface area contributed by atoms with Crippen LogP contribution in [0.3, 0.4) is 0 Å². The molecular formula is C15H23NO3. The van der Waals surface area contributed by atoms with Crippen LogP contribution in [0.1, 0.15) is 32.3 Å². The lowest BCUT2D eigenvalue weighted by molar-refractivity contribution is -0.146. The highest BCUT2D eigenvalue weighted by molar-refractivity contribution is 5.80. The maximum absolute atomic E-state index is 11.7. The number of ether oxygens (including phenoxy) is 1. The van der Waals surface area contributed by atoms with Crippen molar-refractivity contribution in [3.63, 3.8) is 0 Å². The third-order valence-corrected chi connectivity index (χ3v) is 3.51. The molecule has 0 radical (unpaired) electrons. The highest BCUT2D eigenvalue weighted by atomic mass is 16.5.